The number of guanidine groups is 1. The van der Waals surface area contributed by atoms with Gasteiger partial charge in [0.15, 0.2) is 0 Å². The number of ether oxygens (including phenoxy) is 2. The Labute approximate surface area is 217 Å². The van der Waals surface area contributed by atoms with Crippen molar-refractivity contribution in [2.24, 2.45) is 10.7 Å². The number of fused-ring (bicyclic) bond motifs is 1. The Kier molecular flexibility index (Phi) is 9.05. The number of hydrogen-bond acceptors (Lipinski definition) is 8. The SMILES string of the molecule is Cc1c(C)c(S(=O)(=O)NC(N)=NCCC[C@H](NC(=O)OC(C)(C)C)C(=O)OF)c(C)c2c1OC(C)(C)C2. The quantitative estimate of drug-likeness (QED) is 0.256. The first kappa shape index (κ1) is 30.1. The highest BCUT2D eigenvalue weighted by Gasteiger charge is 2.36. The van der Waals surface area contributed by atoms with Crippen LogP contribution in [0.2, 0.25) is 0 Å². The fraction of sp³-hybridized carbons (Fsp3) is 0.625. The van der Waals surface area contributed by atoms with Gasteiger partial charge in [0.05, 0.1) is 4.90 Å². The number of sulfonamides is 1. The summed E-state index contributed by atoms with van der Waals surface area (Å²) in [5.74, 6) is -0.936. The van der Waals surface area contributed by atoms with Crippen LogP contribution in [0.25, 0.3) is 0 Å². The van der Waals surface area contributed by atoms with Crippen LogP contribution in [0.3, 0.4) is 0 Å². The number of hydrogen-bond donors (Lipinski definition) is 3. The van der Waals surface area contributed by atoms with E-state index < -0.39 is 39.3 Å². The van der Waals surface area contributed by atoms with E-state index in [4.69, 9.17) is 15.2 Å². The van der Waals surface area contributed by atoms with Gasteiger partial charge in [-0.25, -0.2) is 22.7 Å². The van der Waals surface area contributed by atoms with E-state index >= 15 is 0 Å². The first-order chi connectivity index (χ1) is 16.9. The standard InChI is InChI=1S/C24H37FN4O7S/c1-13-14(2)19(15(3)16-12-24(7,8)34-18(13)16)37(32,33)29-21(26)27-11-9-10-17(20(30)36-25)28-22(31)35-23(4,5)6/h17H,9-12H2,1-8H3,(H,28,31)(H3,26,27,29)/t17-/m0/s1. The Morgan fingerprint density at radius 3 is 2.38 bits per heavy atom. The van der Waals surface area contributed by atoms with Crippen LogP contribution in [0, 0.1) is 20.8 Å². The molecule has 0 aromatic heterocycles. The van der Waals surface area contributed by atoms with E-state index in [9.17, 15) is 22.5 Å². The van der Waals surface area contributed by atoms with Gasteiger partial charge in [-0.15, -0.1) is 0 Å². The summed E-state index contributed by atoms with van der Waals surface area (Å²) in [6.45, 7) is 14.0. The molecule has 0 aliphatic carbocycles. The Morgan fingerprint density at radius 2 is 1.81 bits per heavy atom. The van der Waals surface area contributed by atoms with Crippen molar-refractivity contribution >= 4 is 28.0 Å². The molecule has 1 heterocycles. The van der Waals surface area contributed by atoms with Gasteiger partial charge < -0.3 is 20.5 Å². The van der Waals surface area contributed by atoms with Crippen LogP contribution >= 0.6 is 0 Å². The van der Waals surface area contributed by atoms with Gasteiger partial charge in [0.1, 0.15) is 23.0 Å². The van der Waals surface area contributed by atoms with E-state index in [1.807, 2.05) is 20.8 Å². The number of aliphatic imine (C=N–C) groups is 1. The maximum atomic E-state index is 13.2. The molecule has 0 fully saturated rings. The zero-order valence-corrected chi connectivity index (χ0v) is 23.4. The summed E-state index contributed by atoms with van der Waals surface area (Å²) in [6, 6.07) is -1.32. The molecule has 0 saturated carbocycles. The molecular weight excluding hydrogens is 507 g/mol. The number of nitrogens with two attached hydrogens (primary N) is 1. The van der Waals surface area contributed by atoms with Gasteiger partial charge in [0.25, 0.3) is 10.0 Å². The van der Waals surface area contributed by atoms with Crippen molar-refractivity contribution in [1.82, 2.24) is 10.0 Å². The highest BCUT2D eigenvalue weighted by molar-refractivity contribution is 7.90. The number of carbonyl (C=O) groups is 2. The van der Waals surface area contributed by atoms with Gasteiger partial charge in [-0.05, 0) is 84.9 Å². The van der Waals surface area contributed by atoms with E-state index in [0.29, 0.717) is 23.3 Å². The Hall–Kier alpha value is -3.09. The topological polar surface area (TPSA) is 158 Å². The summed E-state index contributed by atoms with van der Waals surface area (Å²) in [5, 5.41) is 2.24. The second-order valence-electron chi connectivity index (χ2n) is 10.7. The Morgan fingerprint density at radius 1 is 1.19 bits per heavy atom. The van der Waals surface area contributed by atoms with Gasteiger partial charge in [-0.3, -0.25) is 9.93 Å². The van der Waals surface area contributed by atoms with Crippen molar-refractivity contribution in [3.63, 3.8) is 0 Å². The third-order valence-corrected chi connectivity index (χ3v) is 7.41. The summed E-state index contributed by atoms with van der Waals surface area (Å²) in [6.07, 6.45) is -0.242. The monoisotopic (exact) mass is 544 g/mol. The van der Waals surface area contributed by atoms with Crippen molar-refractivity contribution < 1.29 is 36.9 Å². The second kappa shape index (κ2) is 11.1. The molecule has 0 unspecified atom stereocenters. The van der Waals surface area contributed by atoms with Crippen LogP contribution in [0.4, 0.5) is 9.32 Å². The number of amides is 1. The van der Waals surface area contributed by atoms with Crippen molar-refractivity contribution in [2.45, 2.75) is 96.8 Å². The molecule has 1 aliphatic heterocycles. The van der Waals surface area contributed by atoms with Crippen molar-refractivity contribution in [3.8, 4) is 5.75 Å². The predicted molar refractivity (Wildman–Crippen MR) is 135 cm³/mol. The summed E-state index contributed by atoms with van der Waals surface area (Å²) < 4.78 is 52.3. The fourth-order valence-corrected chi connectivity index (χ4v) is 5.64. The van der Waals surface area contributed by atoms with Gasteiger partial charge in [0.2, 0.25) is 5.96 Å². The van der Waals surface area contributed by atoms with Crippen LogP contribution in [-0.2, 0) is 30.9 Å². The number of carbonyl (C=O) groups excluding carboxylic acids is 2. The van der Waals surface area contributed by atoms with E-state index in [1.165, 1.54) is 0 Å². The lowest BCUT2D eigenvalue weighted by molar-refractivity contribution is -0.186. The first-order valence-electron chi connectivity index (χ1n) is 11.8. The molecule has 0 saturated heterocycles. The van der Waals surface area contributed by atoms with Gasteiger partial charge in [-0.2, -0.15) is 0 Å². The van der Waals surface area contributed by atoms with Crippen molar-refractivity contribution in [3.05, 3.63) is 22.3 Å². The van der Waals surface area contributed by atoms with Gasteiger partial charge in [-0.1, -0.05) is 0 Å². The van der Waals surface area contributed by atoms with Crippen LogP contribution in [0.15, 0.2) is 9.89 Å². The molecule has 4 N–H and O–H groups in total. The molecule has 208 valence electrons. The Bertz CT molecular complexity index is 1190. The average Bonchev–Trinajstić information content (AvgIpc) is 3.08. The molecule has 1 aliphatic rings. The summed E-state index contributed by atoms with van der Waals surface area (Å²) in [5.41, 5.74) is 7.30. The molecule has 37 heavy (non-hydrogen) atoms. The van der Waals surface area contributed by atoms with E-state index in [0.717, 1.165) is 11.1 Å². The largest absolute Gasteiger partial charge is 0.487 e. The first-order valence-corrected chi connectivity index (χ1v) is 13.3. The third kappa shape index (κ3) is 7.70. The average molecular weight is 545 g/mol. The van der Waals surface area contributed by atoms with Gasteiger partial charge >= 0.3 is 12.1 Å². The predicted octanol–water partition coefficient (Wildman–Crippen LogP) is 3.02. The molecule has 1 amide bonds. The molecule has 0 bridgehead atoms. The number of halogens is 1. The minimum absolute atomic E-state index is 0.0103. The van der Waals surface area contributed by atoms with Crippen LogP contribution in [-0.4, -0.2) is 50.2 Å². The highest BCUT2D eigenvalue weighted by Crippen LogP contribution is 2.43. The zero-order chi connectivity index (χ0) is 28.3. The molecule has 11 nitrogen and oxygen atoms in total. The fourth-order valence-electron chi connectivity index (χ4n) is 4.12. The van der Waals surface area contributed by atoms with Crippen LogP contribution < -0.4 is 20.5 Å². The number of benzene rings is 1. The zero-order valence-electron chi connectivity index (χ0n) is 22.6. The lowest BCUT2D eigenvalue weighted by atomic mass is 9.94. The Balaban J connectivity index is 2.09. The van der Waals surface area contributed by atoms with Crippen LogP contribution in [0.5, 0.6) is 5.75 Å². The summed E-state index contributed by atoms with van der Waals surface area (Å²) >= 11 is 0. The number of nitrogens with one attached hydrogen (secondary N) is 2. The molecule has 13 heteroatoms. The van der Waals surface area contributed by atoms with E-state index in [2.05, 4.69) is 20.0 Å². The van der Waals surface area contributed by atoms with Crippen molar-refractivity contribution in [1.29, 1.82) is 0 Å². The van der Waals surface area contributed by atoms with E-state index in [1.54, 1.807) is 34.6 Å². The minimum atomic E-state index is -4.06. The molecule has 2 rings (SSSR count). The maximum Gasteiger partial charge on any atom is 0.408 e. The third-order valence-electron chi connectivity index (χ3n) is 5.78. The molecule has 1 aromatic rings. The second-order valence-corrected chi connectivity index (χ2v) is 12.3. The van der Waals surface area contributed by atoms with E-state index in [-0.39, 0.29) is 30.2 Å². The minimum Gasteiger partial charge on any atom is -0.487 e. The van der Waals surface area contributed by atoms with Gasteiger partial charge in [0, 0.05) is 23.1 Å². The maximum absolute atomic E-state index is 13.2. The van der Waals surface area contributed by atoms with Crippen molar-refractivity contribution in [2.75, 3.05) is 6.54 Å². The number of alkyl carbamates (subject to hydrolysis) is 1. The summed E-state index contributed by atoms with van der Waals surface area (Å²) in [4.78, 5) is 30.9. The molecular formula is C24H37FN4O7S. The normalized spacial score (nSPS) is 15.9. The molecule has 0 radical (unpaired) electrons. The summed E-state index contributed by atoms with van der Waals surface area (Å²) in [7, 11) is -4.06. The molecule has 1 atom stereocenters. The smallest absolute Gasteiger partial charge is 0.408 e. The highest BCUT2D eigenvalue weighted by atomic mass is 32.2. The molecule has 1 aromatic carbocycles. The lowest BCUT2D eigenvalue weighted by Crippen LogP contribution is -2.43. The number of nitrogens with zero attached hydrogens (tertiary/aromatic N) is 1. The molecule has 0 spiro atoms. The van der Waals surface area contributed by atoms with Crippen LogP contribution in [0.1, 0.15) is 69.7 Å². The number of rotatable bonds is 8. The lowest BCUT2D eigenvalue weighted by Gasteiger charge is -2.22.